The van der Waals surface area contributed by atoms with E-state index in [4.69, 9.17) is 27.9 Å². The molecule has 1 amide bonds. The molecule has 2 fully saturated rings. The maximum atomic E-state index is 13.4. The van der Waals surface area contributed by atoms with Crippen molar-refractivity contribution in [1.29, 1.82) is 0 Å². The Kier molecular flexibility index (Phi) is 8.81. The van der Waals surface area contributed by atoms with Crippen LogP contribution in [-0.4, -0.2) is 55.2 Å². The van der Waals surface area contributed by atoms with E-state index in [1.54, 1.807) is 18.2 Å². The van der Waals surface area contributed by atoms with Crippen LogP contribution in [0.5, 0.6) is 0 Å². The van der Waals surface area contributed by atoms with Crippen molar-refractivity contribution in [3.05, 3.63) is 51.6 Å². The summed E-state index contributed by atoms with van der Waals surface area (Å²) < 4.78 is 45.4. The van der Waals surface area contributed by atoms with E-state index in [0.717, 1.165) is 57.8 Å². The lowest BCUT2D eigenvalue weighted by Gasteiger charge is -2.27. The van der Waals surface area contributed by atoms with Crippen molar-refractivity contribution in [3.63, 3.8) is 0 Å². The first-order valence-electron chi connectivity index (χ1n) is 10.5. The highest BCUT2D eigenvalue weighted by Crippen LogP contribution is 2.36. The Bertz CT molecular complexity index is 965. The molecule has 2 N–H and O–H groups in total. The number of carbonyl (C=O) groups is 1. The van der Waals surface area contributed by atoms with Gasteiger partial charge in [-0.3, -0.25) is 4.79 Å². The average Bonchev–Trinajstić information content (AvgIpc) is 2.74. The van der Waals surface area contributed by atoms with Crippen LogP contribution in [0, 0.1) is 0 Å². The quantitative estimate of drug-likeness (QED) is 0.584. The fourth-order valence-corrected chi connectivity index (χ4v) is 3.50. The molecular formula is C22H25Cl2F3N4O2. The minimum absolute atomic E-state index is 0.0772. The molecule has 0 unspecified atom stereocenters. The van der Waals surface area contributed by atoms with Gasteiger partial charge in [-0.2, -0.15) is 13.2 Å². The second kappa shape index (κ2) is 11.4. The Hall–Kier alpha value is -2.07. The third-order valence-corrected chi connectivity index (χ3v) is 6.16. The molecule has 1 aromatic carbocycles. The van der Waals surface area contributed by atoms with Crippen molar-refractivity contribution in [2.75, 3.05) is 38.7 Å². The fraction of sp³-hybridized carbons (Fsp3) is 0.455. The zero-order valence-corrected chi connectivity index (χ0v) is 19.5. The van der Waals surface area contributed by atoms with Gasteiger partial charge in [-0.05, 0) is 44.5 Å². The summed E-state index contributed by atoms with van der Waals surface area (Å²) in [5.74, 6) is -0.872. The molecule has 1 aromatic heterocycles. The first-order chi connectivity index (χ1) is 15.6. The number of hydrogen-bond donors (Lipinski definition) is 2. The number of alkyl halides is 3. The molecular weight excluding hydrogens is 480 g/mol. The summed E-state index contributed by atoms with van der Waals surface area (Å²) >= 11 is 11.9. The smallest absolute Gasteiger partial charge is 0.379 e. The number of halogens is 5. The lowest BCUT2D eigenvalue weighted by molar-refractivity contribution is -0.138. The van der Waals surface area contributed by atoms with Gasteiger partial charge in [0.2, 0.25) is 0 Å². The van der Waals surface area contributed by atoms with Crippen molar-refractivity contribution in [2.24, 2.45) is 0 Å². The number of carbonyl (C=O) groups excluding carboxylic acids is 1. The van der Waals surface area contributed by atoms with Gasteiger partial charge in [0.25, 0.3) is 5.91 Å². The second-order valence-electron chi connectivity index (χ2n) is 7.86. The summed E-state index contributed by atoms with van der Waals surface area (Å²) in [6, 6.07) is 5.42. The molecule has 0 spiro atoms. The van der Waals surface area contributed by atoms with Gasteiger partial charge in [-0.1, -0.05) is 29.3 Å². The van der Waals surface area contributed by atoms with Crippen molar-refractivity contribution < 1.29 is 22.7 Å². The van der Waals surface area contributed by atoms with Crippen LogP contribution < -0.4 is 10.6 Å². The van der Waals surface area contributed by atoms with Crippen molar-refractivity contribution in [1.82, 2.24) is 15.2 Å². The predicted octanol–water partition coefficient (Wildman–Crippen LogP) is 5.38. The molecule has 6 nitrogen and oxygen atoms in total. The van der Waals surface area contributed by atoms with Crippen LogP contribution in [-0.2, 0) is 10.9 Å². The van der Waals surface area contributed by atoms with Crippen LogP contribution in [0.4, 0.5) is 24.7 Å². The highest BCUT2D eigenvalue weighted by atomic mass is 35.5. The SMILES string of the molecule is CN1CCOCC1.O=C(NC1CCC1)c1cnc(Nc2cccc(Cl)c2Cl)cc1C(F)(F)F. The maximum absolute atomic E-state index is 13.4. The minimum Gasteiger partial charge on any atom is -0.379 e. The van der Waals surface area contributed by atoms with Crippen LogP contribution >= 0.6 is 23.2 Å². The Morgan fingerprint density at radius 1 is 1.21 bits per heavy atom. The molecule has 0 radical (unpaired) electrons. The molecule has 4 rings (SSSR count). The number of amides is 1. The third kappa shape index (κ3) is 7.20. The number of rotatable bonds is 4. The molecule has 1 saturated carbocycles. The number of pyridine rings is 1. The molecule has 180 valence electrons. The Morgan fingerprint density at radius 3 is 2.45 bits per heavy atom. The van der Waals surface area contributed by atoms with E-state index >= 15 is 0 Å². The standard InChI is InChI=1S/C17H14Cl2F3N3O.C5H11NO/c18-12-5-2-6-13(15(12)19)25-14-7-11(17(20,21)22)10(8-23-14)16(26)24-9-3-1-4-9;1-6-2-4-7-5-3-6/h2,5-9H,1,3-4H2,(H,23,25)(H,24,26);2-5H2,1H3. The molecule has 2 heterocycles. The van der Waals surface area contributed by atoms with E-state index in [2.05, 4.69) is 27.6 Å². The average molecular weight is 505 g/mol. The normalized spacial score (nSPS) is 16.9. The molecule has 1 aliphatic carbocycles. The van der Waals surface area contributed by atoms with E-state index in [-0.39, 0.29) is 21.9 Å². The first kappa shape index (κ1) is 25.6. The lowest BCUT2D eigenvalue weighted by atomic mass is 9.93. The van der Waals surface area contributed by atoms with E-state index in [1.807, 2.05) is 0 Å². The van der Waals surface area contributed by atoms with Gasteiger partial charge in [-0.25, -0.2) is 4.98 Å². The first-order valence-corrected chi connectivity index (χ1v) is 11.3. The van der Waals surface area contributed by atoms with Gasteiger partial charge in [0.15, 0.2) is 0 Å². The number of aromatic nitrogens is 1. The van der Waals surface area contributed by atoms with Gasteiger partial charge in [0, 0.05) is 25.3 Å². The number of likely N-dealkylation sites (N-methyl/N-ethyl adjacent to an activating group) is 1. The van der Waals surface area contributed by atoms with Crippen LogP contribution in [0.3, 0.4) is 0 Å². The van der Waals surface area contributed by atoms with Gasteiger partial charge in [-0.15, -0.1) is 0 Å². The van der Waals surface area contributed by atoms with Gasteiger partial charge >= 0.3 is 6.18 Å². The van der Waals surface area contributed by atoms with Crippen LogP contribution in [0.2, 0.25) is 10.0 Å². The fourth-order valence-electron chi connectivity index (χ4n) is 3.15. The number of morpholine rings is 1. The zero-order valence-electron chi connectivity index (χ0n) is 18.0. The summed E-state index contributed by atoms with van der Waals surface area (Å²) in [7, 11) is 2.11. The number of anilines is 2. The molecule has 2 aliphatic rings. The lowest BCUT2D eigenvalue weighted by Crippen LogP contribution is -2.40. The number of benzene rings is 1. The Balaban J connectivity index is 0.000000374. The van der Waals surface area contributed by atoms with E-state index < -0.39 is 23.2 Å². The minimum atomic E-state index is -4.70. The molecule has 33 heavy (non-hydrogen) atoms. The number of nitrogens with zero attached hydrogens (tertiary/aromatic N) is 2. The zero-order chi connectivity index (χ0) is 24.0. The summed E-state index contributed by atoms with van der Waals surface area (Å²) in [5.41, 5.74) is -1.26. The maximum Gasteiger partial charge on any atom is 0.417 e. The molecule has 1 saturated heterocycles. The van der Waals surface area contributed by atoms with E-state index in [1.165, 1.54) is 0 Å². The molecule has 0 bridgehead atoms. The van der Waals surface area contributed by atoms with E-state index in [0.29, 0.717) is 5.69 Å². The van der Waals surface area contributed by atoms with Crippen molar-refractivity contribution >= 4 is 40.6 Å². The number of ether oxygens (including phenoxy) is 1. The summed E-state index contributed by atoms with van der Waals surface area (Å²) in [6.07, 6.45) is -1.29. The Labute approximate surface area is 200 Å². The van der Waals surface area contributed by atoms with E-state index in [9.17, 15) is 18.0 Å². The van der Waals surface area contributed by atoms with Gasteiger partial charge < -0.3 is 20.3 Å². The van der Waals surface area contributed by atoms with Crippen molar-refractivity contribution in [3.8, 4) is 0 Å². The number of nitrogens with one attached hydrogen (secondary N) is 2. The summed E-state index contributed by atoms with van der Waals surface area (Å²) in [5, 5.41) is 5.71. The molecule has 0 atom stereocenters. The topological polar surface area (TPSA) is 66.5 Å². The predicted molar refractivity (Wildman–Crippen MR) is 122 cm³/mol. The highest BCUT2D eigenvalue weighted by Gasteiger charge is 2.36. The van der Waals surface area contributed by atoms with Crippen LogP contribution in [0.1, 0.15) is 35.2 Å². The van der Waals surface area contributed by atoms with Gasteiger partial charge in [0.05, 0.1) is 40.1 Å². The molecule has 1 aliphatic heterocycles. The number of hydrogen-bond acceptors (Lipinski definition) is 5. The monoisotopic (exact) mass is 504 g/mol. The third-order valence-electron chi connectivity index (χ3n) is 5.34. The summed E-state index contributed by atoms with van der Waals surface area (Å²) in [4.78, 5) is 18.4. The Morgan fingerprint density at radius 2 is 1.91 bits per heavy atom. The molecule has 2 aromatic rings. The highest BCUT2D eigenvalue weighted by molar-refractivity contribution is 6.43. The second-order valence-corrected chi connectivity index (χ2v) is 8.64. The largest absolute Gasteiger partial charge is 0.417 e. The summed E-state index contributed by atoms with van der Waals surface area (Å²) in [6.45, 7) is 4.02. The molecule has 11 heteroatoms. The van der Waals surface area contributed by atoms with Crippen LogP contribution in [0.25, 0.3) is 0 Å². The van der Waals surface area contributed by atoms with Crippen molar-refractivity contribution in [2.45, 2.75) is 31.5 Å². The van der Waals surface area contributed by atoms with Crippen LogP contribution in [0.15, 0.2) is 30.5 Å². The van der Waals surface area contributed by atoms with Gasteiger partial charge in [0.1, 0.15) is 5.82 Å².